The van der Waals surface area contributed by atoms with Crippen molar-refractivity contribution >= 4 is 11.9 Å². The first kappa shape index (κ1) is 14.8. The number of rotatable bonds is 5. The van der Waals surface area contributed by atoms with Gasteiger partial charge in [0.25, 0.3) is 5.56 Å². The largest absolute Gasteiger partial charge is 0.387 e. The molecule has 6 N–H and O–H groups in total. The van der Waals surface area contributed by atoms with Crippen molar-refractivity contribution in [2.75, 3.05) is 6.54 Å². The lowest BCUT2D eigenvalue weighted by molar-refractivity contribution is -0.139. The van der Waals surface area contributed by atoms with Crippen molar-refractivity contribution in [1.82, 2.24) is 9.97 Å². The van der Waals surface area contributed by atoms with Crippen molar-refractivity contribution in [3.63, 3.8) is 0 Å². The zero-order chi connectivity index (χ0) is 14.4. The van der Waals surface area contributed by atoms with Crippen LogP contribution >= 0.6 is 0 Å². The molecule has 19 heavy (non-hydrogen) atoms. The number of carbonyl (C=O) groups excluding carboxylic acids is 2. The first-order valence-corrected chi connectivity index (χ1v) is 5.49. The summed E-state index contributed by atoms with van der Waals surface area (Å²) < 4.78 is 4.44. The van der Waals surface area contributed by atoms with Crippen LogP contribution in [0.5, 0.6) is 0 Å². The van der Waals surface area contributed by atoms with Gasteiger partial charge in [-0.2, -0.15) is 0 Å². The number of hydrogen-bond donors (Lipinski definition) is 4. The van der Waals surface area contributed by atoms with E-state index in [9.17, 15) is 19.2 Å². The van der Waals surface area contributed by atoms with E-state index < -0.39 is 34.9 Å². The molecule has 9 nitrogen and oxygen atoms in total. The van der Waals surface area contributed by atoms with Crippen LogP contribution in [0.4, 0.5) is 0 Å². The van der Waals surface area contributed by atoms with E-state index in [0.29, 0.717) is 13.0 Å². The Morgan fingerprint density at radius 3 is 2.58 bits per heavy atom. The Morgan fingerprint density at radius 1 is 1.32 bits per heavy atom. The first-order valence-electron chi connectivity index (χ1n) is 5.49. The summed E-state index contributed by atoms with van der Waals surface area (Å²) in [6.07, 6.45) is 0.779. The summed E-state index contributed by atoms with van der Waals surface area (Å²) in [7, 11) is 0. The van der Waals surface area contributed by atoms with Gasteiger partial charge in [0.1, 0.15) is 11.7 Å². The maximum Gasteiger partial charge on any atom is 0.362 e. The Kier molecular flexibility index (Phi) is 5.15. The van der Waals surface area contributed by atoms with Crippen LogP contribution < -0.4 is 22.7 Å². The third kappa shape index (κ3) is 4.48. The average Bonchev–Trinajstić information content (AvgIpc) is 2.34. The van der Waals surface area contributed by atoms with E-state index in [4.69, 9.17) is 11.5 Å². The van der Waals surface area contributed by atoms with Crippen LogP contribution in [-0.2, 0) is 9.53 Å². The van der Waals surface area contributed by atoms with Crippen molar-refractivity contribution in [2.24, 2.45) is 11.5 Å². The number of hydrogen-bond acceptors (Lipinski definition) is 7. The van der Waals surface area contributed by atoms with E-state index in [1.165, 1.54) is 0 Å². The Labute approximate surface area is 106 Å². The van der Waals surface area contributed by atoms with Crippen LogP contribution in [0.1, 0.15) is 23.3 Å². The molecule has 1 heterocycles. The standard InChI is InChI=1S/C10H14N4O5/c11-3-1-2-5(12)8(16)19-9(17)6-4-7(15)14-10(18)13-6/h4-5H,1-3,11-12H2,(H2,13,14,15,18)/t5-/m1/s1. The van der Waals surface area contributed by atoms with Crippen LogP contribution in [0, 0.1) is 0 Å². The summed E-state index contributed by atoms with van der Waals surface area (Å²) in [6, 6.07) is -0.177. The third-order valence-corrected chi connectivity index (χ3v) is 2.20. The number of aromatic amines is 2. The Morgan fingerprint density at radius 2 is 2.00 bits per heavy atom. The molecule has 1 rings (SSSR count). The van der Waals surface area contributed by atoms with Gasteiger partial charge in [-0.1, -0.05) is 0 Å². The van der Waals surface area contributed by atoms with Gasteiger partial charge in [-0.05, 0) is 19.4 Å². The van der Waals surface area contributed by atoms with E-state index in [-0.39, 0.29) is 6.42 Å². The van der Waals surface area contributed by atoms with Crippen molar-refractivity contribution in [2.45, 2.75) is 18.9 Å². The van der Waals surface area contributed by atoms with Gasteiger partial charge in [0.2, 0.25) is 0 Å². The summed E-state index contributed by atoms with van der Waals surface area (Å²) in [6.45, 7) is 0.357. The highest BCUT2D eigenvalue weighted by Crippen LogP contribution is 1.99. The molecule has 0 spiro atoms. The second-order valence-electron chi connectivity index (χ2n) is 3.75. The Balaban J connectivity index is 2.71. The predicted octanol–water partition coefficient (Wildman–Crippen LogP) is -2.19. The average molecular weight is 270 g/mol. The Bertz CT molecular complexity index is 548. The molecule has 1 aromatic rings. The minimum atomic E-state index is -1.14. The number of carbonyl (C=O) groups is 2. The van der Waals surface area contributed by atoms with Crippen molar-refractivity contribution in [1.29, 1.82) is 0 Å². The van der Waals surface area contributed by atoms with Crippen molar-refractivity contribution < 1.29 is 14.3 Å². The number of nitrogens with two attached hydrogens (primary N) is 2. The Hall–Kier alpha value is -2.26. The summed E-state index contributed by atoms with van der Waals surface area (Å²) >= 11 is 0. The zero-order valence-corrected chi connectivity index (χ0v) is 9.97. The van der Waals surface area contributed by atoms with Gasteiger partial charge in [0.05, 0.1) is 0 Å². The fourth-order valence-electron chi connectivity index (χ4n) is 1.26. The molecule has 0 aliphatic rings. The second-order valence-corrected chi connectivity index (χ2v) is 3.75. The van der Waals surface area contributed by atoms with Gasteiger partial charge >= 0.3 is 17.6 Å². The molecule has 104 valence electrons. The van der Waals surface area contributed by atoms with E-state index in [2.05, 4.69) is 4.74 Å². The molecule has 0 aliphatic heterocycles. The maximum absolute atomic E-state index is 11.5. The highest BCUT2D eigenvalue weighted by molar-refractivity contribution is 5.96. The molecule has 0 bridgehead atoms. The van der Waals surface area contributed by atoms with Crippen molar-refractivity contribution in [3.8, 4) is 0 Å². The van der Waals surface area contributed by atoms with Crippen LogP contribution in [0.25, 0.3) is 0 Å². The summed E-state index contributed by atoms with van der Waals surface area (Å²) in [5, 5.41) is 0. The summed E-state index contributed by atoms with van der Waals surface area (Å²) in [5.41, 5.74) is 8.64. The molecule has 0 unspecified atom stereocenters. The van der Waals surface area contributed by atoms with E-state index in [1.54, 1.807) is 0 Å². The van der Waals surface area contributed by atoms with Gasteiger partial charge in [-0.15, -0.1) is 0 Å². The van der Waals surface area contributed by atoms with Crippen LogP contribution in [-0.4, -0.2) is 34.5 Å². The molecule has 1 aromatic heterocycles. The zero-order valence-electron chi connectivity index (χ0n) is 9.97. The minimum absolute atomic E-state index is 0.272. The van der Waals surface area contributed by atoms with Crippen LogP contribution in [0.2, 0.25) is 0 Å². The summed E-state index contributed by atoms with van der Waals surface area (Å²) in [5.74, 6) is -2.09. The molecule has 0 saturated heterocycles. The second kappa shape index (κ2) is 6.61. The number of esters is 2. The smallest absolute Gasteiger partial charge is 0.362 e. The van der Waals surface area contributed by atoms with Gasteiger partial charge in [-0.3, -0.25) is 9.78 Å². The van der Waals surface area contributed by atoms with Gasteiger partial charge in [-0.25, -0.2) is 14.4 Å². The molecule has 9 heteroatoms. The molecule has 0 amide bonds. The number of H-pyrrole nitrogens is 2. The lowest BCUT2D eigenvalue weighted by atomic mass is 10.2. The summed E-state index contributed by atoms with van der Waals surface area (Å²) in [4.78, 5) is 48.7. The van der Waals surface area contributed by atoms with Crippen LogP contribution in [0.15, 0.2) is 15.7 Å². The number of aromatic nitrogens is 2. The minimum Gasteiger partial charge on any atom is -0.387 e. The molecule has 0 aromatic carbocycles. The van der Waals surface area contributed by atoms with Crippen LogP contribution in [0.3, 0.4) is 0 Å². The molecular weight excluding hydrogens is 256 g/mol. The third-order valence-electron chi connectivity index (χ3n) is 2.20. The van der Waals surface area contributed by atoms with Gasteiger partial charge in [0.15, 0.2) is 0 Å². The van der Waals surface area contributed by atoms with E-state index in [1.807, 2.05) is 9.97 Å². The monoisotopic (exact) mass is 270 g/mol. The molecule has 0 aliphatic carbocycles. The van der Waals surface area contributed by atoms with E-state index in [0.717, 1.165) is 6.07 Å². The van der Waals surface area contributed by atoms with Gasteiger partial charge < -0.3 is 21.2 Å². The maximum atomic E-state index is 11.5. The quantitative estimate of drug-likeness (QED) is 0.349. The molecule has 0 fully saturated rings. The lowest BCUT2D eigenvalue weighted by Crippen LogP contribution is -2.35. The number of nitrogens with one attached hydrogen (secondary N) is 2. The topological polar surface area (TPSA) is 161 Å². The highest BCUT2D eigenvalue weighted by atomic mass is 16.6. The fraction of sp³-hybridized carbons (Fsp3) is 0.400. The first-order chi connectivity index (χ1) is 8.93. The van der Waals surface area contributed by atoms with E-state index >= 15 is 0 Å². The highest BCUT2D eigenvalue weighted by Gasteiger charge is 2.20. The number of ether oxygens (including phenoxy) is 1. The fourth-order valence-corrected chi connectivity index (χ4v) is 1.26. The molecular formula is C10H14N4O5. The normalized spacial score (nSPS) is 11.9. The SMILES string of the molecule is NCCC[C@@H](N)C(=O)OC(=O)c1cc(=O)[nH]c(=O)[nH]1. The molecule has 0 saturated carbocycles. The molecule has 0 radical (unpaired) electrons. The van der Waals surface area contributed by atoms with Gasteiger partial charge in [0, 0.05) is 6.07 Å². The van der Waals surface area contributed by atoms with Crippen molar-refractivity contribution in [3.05, 3.63) is 32.6 Å². The predicted molar refractivity (Wildman–Crippen MR) is 64.4 cm³/mol. The lowest BCUT2D eigenvalue weighted by Gasteiger charge is -2.09. The molecule has 1 atom stereocenters.